The molecule has 0 bridgehead atoms. The second-order valence-corrected chi connectivity index (χ2v) is 7.42. The first kappa shape index (κ1) is 15.5. The van der Waals surface area contributed by atoms with E-state index in [0.717, 1.165) is 16.7 Å². The second kappa shape index (κ2) is 6.01. The number of hydrogen-bond acceptors (Lipinski definition) is 4. The van der Waals surface area contributed by atoms with E-state index in [2.05, 4.69) is 0 Å². The maximum absolute atomic E-state index is 12.0. The van der Waals surface area contributed by atoms with Gasteiger partial charge in [-0.25, -0.2) is 13.2 Å². The molecule has 0 amide bonds. The van der Waals surface area contributed by atoms with Crippen molar-refractivity contribution in [1.82, 2.24) is 0 Å². The van der Waals surface area contributed by atoms with Gasteiger partial charge in [-0.2, -0.15) is 0 Å². The highest BCUT2D eigenvalue weighted by molar-refractivity contribution is 7.90. The Kier molecular flexibility index (Phi) is 4.05. The van der Waals surface area contributed by atoms with Gasteiger partial charge in [0.25, 0.3) is 0 Å². The molecule has 2 aromatic rings. The summed E-state index contributed by atoms with van der Waals surface area (Å²) in [6.07, 6.45) is 1.73. The third-order valence-electron chi connectivity index (χ3n) is 3.77. The summed E-state index contributed by atoms with van der Waals surface area (Å²) in [5.41, 5.74) is 3.14. The molecule has 5 heteroatoms. The molecule has 1 aliphatic rings. The number of ether oxygens (including phenoxy) is 1. The molecule has 4 nitrogen and oxygen atoms in total. The molecular formula is C18H16O4S. The Morgan fingerprint density at radius 1 is 0.957 bits per heavy atom. The van der Waals surface area contributed by atoms with Gasteiger partial charge in [-0.15, -0.1) is 0 Å². The third-order valence-corrected chi connectivity index (χ3v) is 4.90. The van der Waals surface area contributed by atoms with E-state index in [1.54, 1.807) is 24.3 Å². The summed E-state index contributed by atoms with van der Waals surface area (Å²) >= 11 is 0. The first-order chi connectivity index (χ1) is 11.0. The molecule has 0 aliphatic carbocycles. The lowest BCUT2D eigenvalue weighted by Crippen LogP contribution is -2.02. The lowest BCUT2D eigenvalue weighted by molar-refractivity contribution is -0.135. The topological polar surface area (TPSA) is 60.4 Å². The van der Waals surface area contributed by atoms with Crippen LogP contribution in [0.5, 0.6) is 0 Å². The highest BCUT2D eigenvalue weighted by atomic mass is 32.2. The van der Waals surface area contributed by atoms with Crippen LogP contribution in [0.4, 0.5) is 0 Å². The molecule has 1 aliphatic heterocycles. The molecule has 0 saturated carbocycles. The summed E-state index contributed by atoms with van der Waals surface area (Å²) in [5, 5.41) is 0. The summed E-state index contributed by atoms with van der Waals surface area (Å²) in [7, 11) is -3.25. The number of hydrogen-bond donors (Lipinski definition) is 0. The zero-order valence-electron chi connectivity index (χ0n) is 12.7. The summed E-state index contributed by atoms with van der Waals surface area (Å²) in [6, 6.07) is 16.2. The summed E-state index contributed by atoms with van der Waals surface area (Å²) in [4.78, 5) is 12.3. The Balaban J connectivity index is 2.16. The van der Waals surface area contributed by atoms with E-state index in [0.29, 0.717) is 18.6 Å². The Hall–Kier alpha value is -2.40. The van der Waals surface area contributed by atoms with Gasteiger partial charge in [-0.3, -0.25) is 0 Å². The van der Waals surface area contributed by atoms with E-state index in [1.807, 2.05) is 30.3 Å². The second-order valence-electron chi connectivity index (χ2n) is 5.40. The number of carbonyl (C=O) groups excluding carboxylic acids is 1. The summed E-state index contributed by atoms with van der Waals surface area (Å²) < 4.78 is 28.3. The van der Waals surface area contributed by atoms with Gasteiger partial charge in [0.15, 0.2) is 9.84 Å². The van der Waals surface area contributed by atoms with E-state index in [4.69, 9.17) is 4.74 Å². The summed E-state index contributed by atoms with van der Waals surface area (Å²) in [5.74, 6) is -0.309. The van der Waals surface area contributed by atoms with Gasteiger partial charge < -0.3 is 4.74 Å². The van der Waals surface area contributed by atoms with Crippen LogP contribution in [0, 0.1) is 0 Å². The van der Waals surface area contributed by atoms with Crippen LogP contribution < -0.4 is 0 Å². The first-order valence-corrected chi connectivity index (χ1v) is 9.12. The van der Waals surface area contributed by atoms with Gasteiger partial charge in [0.1, 0.15) is 0 Å². The molecule has 3 rings (SSSR count). The number of benzene rings is 2. The number of esters is 1. The number of sulfone groups is 1. The van der Waals surface area contributed by atoms with Gasteiger partial charge in [-0.1, -0.05) is 42.5 Å². The standard InChI is InChI=1S/C18H16O4S/c1-23(20,21)15-9-7-14(8-10-15)17(13-5-3-2-4-6-13)16-11-12-22-18(16)19/h2-10H,11-12H2,1H3/b17-16+. The Bertz CT molecular complexity index is 863. The van der Waals surface area contributed by atoms with Crippen molar-refractivity contribution in [3.8, 4) is 0 Å². The van der Waals surface area contributed by atoms with Crippen molar-refractivity contribution >= 4 is 21.4 Å². The number of rotatable bonds is 3. The normalized spacial score (nSPS) is 17.0. The minimum atomic E-state index is -3.25. The largest absolute Gasteiger partial charge is 0.462 e. The molecule has 0 aromatic heterocycles. The zero-order valence-corrected chi connectivity index (χ0v) is 13.5. The lowest BCUT2D eigenvalue weighted by atomic mass is 9.92. The Labute approximate surface area is 135 Å². The van der Waals surface area contributed by atoms with Crippen LogP contribution in [-0.4, -0.2) is 27.2 Å². The molecule has 23 heavy (non-hydrogen) atoms. The van der Waals surface area contributed by atoms with Gasteiger partial charge >= 0.3 is 5.97 Å². The van der Waals surface area contributed by atoms with Crippen LogP contribution in [-0.2, 0) is 19.4 Å². The Morgan fingerprint density at radius 2 is 1.57 bits per heavy atom. The van der Waals surface area contributed by atoms with Crippen LogP contribution in [0.3, 0.4) is 0 Å². The van der Waals surface area contributed by atoms with Gasteiger partial charge in [-0.05, 0) is 28.8 Å². The minimum absolute atomic E-state index is 0.257. The first-order valence-electron chi connectivity index (χ1n) is 7.23. The SMILES string of the molecule is CS(=O)(=O)c1ccc(/C(=C2\CCOC2=O)c2ccccc2)cc1. The van der Waals surface area contributed by atoms with Crippen molar-refractivity contribution in [3.63, 3.8) is 0 Å². The quantitative estimate of drug-likeness (QED) is 0.642. The van der Waals surface area contributed by atoms with Crippen molar-refractivity contribution in [2.24, 2.45) is 0 Å². The molecule has 0 atom stereocenters. The van der Waals surface area contributed by atoms with Crippen LogP contribution in [0.1, 0.15) is 17.5 Å². The smallest absolute Gasteiger partial charge is 0.334 e. The molecule has 0 unspecified atom stereocenters. The maximum atomic E-state index is 12.0. The number of carbonyl (C=O) groups is 1. The van der Waals surface area contributed by atoms with Crippen LogP contribution in [0.25, 0.3) is 5.57 Å². The van der Waals surface area contributed by atoms with E-state index in [-0.39, 0.29) is 10.9 Å². The monoisotopic (exact) mass is 328 g/mol. The highest BCUT2D eigenvalue weighted by Gasteiger charge is 2.24. The van der Waals surface area contributed by atoms with Crippen molar-refractivity contribution < 1.29 is 17.9 Å². The van der Waals surface area contributed by atoms with Crippen molar-refractivity contribution in [1.29, 1.82) is 0 Å². The maximum Gasteiger partial charge on any atom is 0.334 e. The van der Waals surface area contributed by atoms with Gasteiger partial charge in [0, 0.05) is 18.2 Å². The predicted molar refractivity (Wildman–Crippen MR) is 87.6 cm³/mol. The van der Waals surface area contributed by atoms with E-state index in [1.165, 1.54) is 6.26 Å². The average Bonchev–Trinajstić information content (AvgIpc) is 2.94. The fourth-order valence-electron chi connectivity index (χ4n) is 2.65. The molecule has 118 valence electrons. The van der Waals surface area contributed by atoms with Gasteiger partial charge in [0.05, 0.1) is 11.5 Å². The van der Waals surface area contributed by atoms with Crippen LogP contribution in [0.2, 0.25) is 0 Å². The molecule has 0 N–H and O–H groups in total. The molecule has 1 fully saturated rings. The number of cyclic esters (lactones) is 1. The summed E-state index contributed by atoms with van der Waals surface area (Å²) in [6.45, 7) is 0.381. The Morgan fingerprint density at radius 3 is 2.09 bits per heavy atom. The molecule has 0 radical (unpaired) electrons. The molecule has 2 aromatic carbocycles. The van der Waals surface area contributed by atoms with Crippen molar-refractivity contribution in [3.05, 3.63) is 71.3 Å². The fourth-order valence-corrected chi connectivity index (χ4v) is 3.28. The third kappa shape index (κ3) is 3.19. The molecule has 1 heterocycles. The lowest BCUT2D eigenvalue weighted by Gasteiger charge is -2.11. The van der Waals surface area contributed by atoms with Crippen molar-refractivity contribution in [2.45, 2.75) is 11.3 Å². The molecule has 0 spiro atoms. The van der Waals surface area contributed by atoms with Crippen molar-refractivity contribution in [2.75, 3.05) is 12.9 Å². The zero-order chi connectivity index (χ0) is 16.4. The van der Waals surface area contributed by atoms with E-state index < -0.39 is 9.84 Å². The fraction of sp³-hybridized carbons (Fsp3) is 0.167. The van der Waals surface area contributed by atoms with E-state index >= 15 is 0 Å². The highest BCUT2D eigenvalue weighted by Crippen LogP contribution is 2.32. The van der Waals surface area contributed by atoms with Gasteiger partial charge in [0.2, 0.25) is 0 Å². The molecule has 1 saturated heterocycles. The van der Waals surface area contributed by atoms with Crippen LogP contribution in [0.15, 0.2) is 65.1 Å². The minimum Gasteiger partial charge on any atom is -0.462 e. The molecular weight excluding hydrogens is 312 g/mol. The van der Waals surface area contributed by atoms with E-state index in [9.17, 15) is 13.2 Å². The average molecular weight is 328 g/mol. The predicted octanol–water partition coefficient (Wildman–Crippen LogP) is 2.84. The van der Waals surface area contributed by atoms with Crippen LogP contribution >= 0.6 is 0 Å².